The first-order chi connectivity index (χ1) is 14.4. The normalized spacial score (nSPS) is 15.8. The maximum absolute atomic E-state index is 13.2. The molecule has 7 nitrogen and oxygen atoms in total. The van der Waals surface area contributed by atoms with Crippen LogP contribution in [0.5, 0.6) is 0 Å². The van der Waals surface area contributed by atoms with Crippen molar-refractivity contribution in [2.45, 2.75) is 43.3 Å². The van der Waals surface area contributed by atoms with Crippen molar-refractivity contribution in [2.24, 2.45) is 0 Å². The molecule has 2 N–H and O–H groups in total. The predicted molar refractivity (Wildman–Crippen MR) is 113 cm³/mol. The molecule has 1 aliphatic heterocycles. The number of carbonyl (C=O) groups excluding carboxylic acids is 1. The number of amides is 1. The Bertz CT molecular complexity index is 975. The van der Waals surface area contributed by atoms with E-state index in [0.717, 1.165) is 5.56 Å². The molecule has 30 heavy (non-hydrogen) atoms. The van der Waals surface area contributed by atoms with Gasteiger partial charge in [0.1, 0.15) is 0 Å². The molecule has 0 aromatic heterocycles. The molecule has 0 unspecified atom stereocenters. The van der Waals surface area contributed by atoms with Crippen molar-refractivity contribution in [1.29, 1.82) is 0 Å². The Balaban J connectivity index is 1.61. The van der Waals surface area contributed by atoms with Crippen LogP contribution < -0.4 is 5.48 Å². The number of hydrogen-bond acceptors (Lipinski definition) is 5. The van der Waals surface area contributed by atoms with E-state index < -0.39 is 15.9 Å². The molecule has 1 aliphatic rings. The molecule has 0 spiro atoms. The molecule has 2 aromatic rings. The van der Waals surface area contributed by atoms with Crippen molar-refractivity contribution in [3.8, 4) is 0 Å². The average molecular weight is 453 g/mol. The number of benzene rings is 2. The van der Waals surface area contributed by atoms with E-state index in [9.17, 15) is 13.2 Å². The lowest BCUT2D eigenvalue weighted by Gasteiger charge is -2.31. The third-order valence-electron chi connectivity index (χ3n) is 5.17. The highest BCUT2D eigenvalue weighted by Crippen LogP contribution is 2.26. The van der Waals surface area contributed by atoms with Gasteiger partial charge in [-0.05, 0) is 42.5 Å². The SMILES string of the molecule is O=C(CCc1ccccc1S(=O)(=O)N1CCC(OCc2ccccc2Cl)CC1)NO. The van der Waals surface area contributed by atoms with E-state index in [4.69, 9.17) is 21.5 Å². The van der Waals surface area contributed by atoms with Crippen LogP contribution >= 0.6 is 11.6 Å². The van der Waals surface area contributed by atoms with Gasteiger partial charge >= 0.3 is 0 Å². The fourth-order valence-corrected chi connectivity index (χ4v) is 5.38. The predicted octanol–water partition coefficient (Wildman–Crippen LogP) is 3.15. The molecule has 1 saturated heterocycles. The first kappa shape index (κ1) is 22.7. The first-order valence-electron chi connectivity index (χ1n) is 9.78. The topological polar surface area (TPSA) is 95.9 Å². The zero-order valence-electron chi connectivity index (χ0n) is 16.5. The fraction of sp³-hybridized carbons (Fsp3) is 0.381. The number of piperidine rings is 1. The van der Waals surface area contributed by atoms with Gasteiger partial charge < -0.3 is 4.74 Å². The first-order valence-corrected chi connectivity index (χ1v) is 11.6. The number of aryl methyl sites for hydroxylation is 1. The van der Waals surface area contributed by atoms with E-state index in [1.807, 2.05) is 24.3 Å². The van der Waals surface area contributed by atoms with Crippen molar-refractivity contribution in [3.05, 3.63) is 64.7 Å². The Morgan fingerprint density at radius 3 is 2.40 bits per heavy atom. The third-order valence-corrected chi connectivity index (χ3v) is 7.54. The number of halogens is 1. The number of hydrogen-bond donors (Lipinski definition) is 2. The second kappa shape index (κ2) is 10.4. The van der Waals surface area contributed by atoms with Gasteiger partial charge in [-0.25, -0.2) is 13.9 Å². The Morgan fingerprint density at radius 1 is 1.10 bits per heavy atom. The van der Waals surface area contributed by atoms with Crippen LogP contribution in [0.1, 0.15) is 30.4 Å². The second-order valence-electron chi connectivity index (χ2n) is 7.15. The maximum atomic E-state index is 13.2. The summed E-state index contributed by atoms with van der Waals surface area (Å²) in [5.74, 6) is -0.557. The molecule has 1 fully saturated rings. The number of nitrogens with zero attached hydrogens (tertiary/aromatic N) is 1. The summed E-state index contributed by atoms with van der Waals surface area (Å²) < 4.78 is 33.8. The van der Waals surface area contributed by atoms with Gasteiger partial charge in [-0.15, -0.1) is 0 Å². The molecular formula is C21H25ClN2O5S. The lowest BCUT2D eigenvalue weighted by atomic mass is 10.1. The molecule has 2 aromatic carbocycles. The molecule has 162 valence electrons. The molecular weight excluding hydrogens is 428 g/mol. The van der Waals surface area contributed by atoms with E-state index in [-0.39, 0.29) is 23.8 Å². The minimum absolute atomic E-state index is 0.000985. The molecule has 0 atom stereocenters. The highest BCUT2D eigenvalue weighted by atomic mass is 35.5. The molecule has 0 bridgehead atoms. The summed E-state index contributed by atoms with van der Waals surface area (Å²) >= 11 is 6.16. The third kappa shape index (κ3) is 5.59. The van der Waals surface area contributed by atoms with Crippen LogP contribution in [0.4, 0.5) is 0 Å². The Morgan fingerprint density at radius 2 is 1.73 bits per heavy atom. The van der Waals surface area contributed by atoms with E-state index >= 15 is 0 Å². The van der Waals surface area contributed by atoms with Crippen molar-refractivity contribution >= 4 is 27.5 Å². The quantitative estimate of drug-likeness (QED) is 0.473. The van der Waals surface area contributed by atoms with Gasteiger partial charge in [0, 0.05) is 24.5 Å². The summed E-state index contributed by atoms with van der Waals surface area (Å²) in [7, 11) is -3.68. The highest BCUT2D eigenvalue weighted by Gasteiger charge is 2.31. The van der Waals surface area contributed by atoms with Crippen LogP contribution in [0, 0.1) is 0 Å². The van der Waals surface area contributed by atoms with E-state index in [0.29, 0.717) is 43.1 Å². The minimum atomic E-state index is -3.68. The van der Waals surface area contributed by atoms with Gasteiger partial charge in [-0.1, -0.05) is 48.0 Å². The molecule has 0 saturated carbocycles. The molecule has 0 radical (unpaired) electrons. The number of sulfonamides is 1. The van der Waals surface area contributed by atoms with Gasteiger partial charge in [-0.3, -0.25) is 10.0 Å². The molecule has 1 amide bonds. The zero-order chi connectivity index (χ0) is 21.6. The smallest absolute Gasteiger partial charge is 0.243 e. The summed E-state index contributed by atoms with van der Waals surface area (Å²) in [6.07, 6.45) is 1.38. The van der Waals surface area contributed by atoms with Crippen molar-refractivity contribution in [2.75, 3.05) is 13.1 Å². The molecule has 3 rings (SSSR count). The van der Waals surface area contributed by atoms with Gasteiger partial charge in [0.15, 0.2) is 0 Å². The summed E-state index contributed by atoms with van der Waals surface area (Å²) in [6.45, 7) is 1.12. The number of rotatable bonds is 8. The van der Waals surface area contributed by atoms with E-state index in [1.165, 1.54) is 4.31 Å². The average Bonchev–Trinajstić information content (AvgIpc) is 2.77. The number of carbonyl (C=O) groups is 1. The zero-order valence-corrected chi connectivity index (χ0v) is 18.0. The standard InChI is InChI=1S/C21H25ClN2O5S/c22-19-7-3-1-6-17(19)15-29-18-11-13-24(14-12-18)30(27,28)20-8-4-2-5-16(20)9-10-21(25)23-26/h1-8,18,26H,9-15H2,(H,23,25). The Labute approximate surface area is 181 Å². The maximum Gasteiger partial charge on any atom is 0.243 e. The summed E-state index contributed by atoms with van der Waals surface area (Å²) in [5, 5.41) is 9.31. The van der Waals surface area contributed by atoms with Crippen LogP contribution in [0.25, 0.3) is 0 Å². The fourth-order valence-electron chi connectivity index (χ4n) is 3.47. The number of ether oxygens (including phenoxy) is 1. The van der Waals surface area contributed by atoms with Gasteiger partial charge in [0.05, 0.1) is 17.6 Å². The summed E-state index contributed by atoms with van der Waals surface area (Å²) in [4.78, 5) is 11.5. The van der Waals surface area contributed by atoms with Crippen molar-refractivity contribution < 1.29 is 23.2 Å². The Hall–Kier alpha value is -1.97. The lowest BCUT2D eigenvalue weighted by Crippen LogP contribution is -2.41. The van der Waals surface area contributed by atoms with Gasteiger partial charge in [-0.2, -0.15) is 4.31 Å². The van der Waals surface area contributed by atoms with E-state index in [2.05, 4.69) is 0 Å². The van der Waals surface area contributed by atoms with Crippen LogP contribution in [0.15, 0.2) is 53.4 Å². The minimum Gasteiger partial charge on any atom is -0.373 e. The summed E-state index contributed by atoms with van der Waals surface area (Å²) in [6, 6.07) is 14.2. The number of nitrogens with one attached hydrogen (secondary N) is 1. The number of hydroxylamine groups is 1. The van der Waals surface area contributed by atoms with Crippen molar-refractivity contribution in [3.63, 3.8) is 0 Å². The van der Waals surface area contributed by atoms with Crippen molar-refractivity contribution in [1.82, 2.24) is 9.79 Å². The molecule has 0 aliphatic carbocycles. The molecule has 1 heterocycles. The lowest BCUT2D eigenvalue weighted by molar-refractivity contribution is -0.129. The van der Waals surface area contributed by atoms with Crippen LogP contribution in [0.2, 0.25) is 5.02 Å². The Kier molecular flexibility index (Phi) is 7.85. The van der Waals surface area contributed by atoms with Crippen LogP contribution in [-0.2, 0) is 32.6 Å². The molecule has 9 heteroatoms. The van der Waals surface area contributed by atoms with Crippen LogP contribution in [0.3, 0.4) is 0 Å². The highest BCUT2D eigenvalue weighted by molar-refractivity contribution is 7.89. The van der Waals surface area contributed by atoms with Gasteiger partial charge in [0.2, 0.25) is 15.9 Å². The monoisotopic (exact) mass is 452 g/mol. The van der Waals surface area contributed by atoms with E-state index in [1.54, 1.807) is 29.7 Å². The van der Waals surface area contributed by atoms with Crippen LogP contribution in [-0.4, -0.2) is 43.0 Å². The van der Waals surface area contributed by atoms with Gasteiger partial charge in [0.25, 0.3) is 0 Å². The second-order valence-corrected chi connectivity index (χ2v) is 9.46. The largest absolute Gasteiger partial charge is 0.373 e. The summed E-state index contributed by atoms with van der Waals surface area (Å²) in [5.41, 5.74) is 3.03.